The molecule has 1 saturated heterocycles. The maximum absolute atomic E-state index is 11.7. The molecule has 1 aliphatic rings. The van der Waals surface area contributed by atoms with Crippen LogP contribution in [0.1, 0.15) is 34.6 Å². The molecule has 0 aromatic rings. The first-order valence-electron chi connectivity index (χ1n) is 5.29. The van der Waals surface area contributed by atoms with Gasteiger partial charge in [0.05, 0.1) is 11.5 Å². The Morgan fingerprint density at radius 3 is 2.19 bits per heavy atom. The Balaban J connectivity index is 2.66. The summed E-state index contributed by atoms with van der Waals surface area (Å²) >= 11 is 0. The molecular formula is C11H19NO4. The number of amides is 1. The molecule has 0 saturated carbocycles. The second kappa shape index (κ2) is 3.64. The Morgan fingerprint density at radius 2 is 1.88 bits per heavy atom. The Morgan fingerprint density at radius 1 is 1.38 bits per heavy atom. The molecule has 1 aliphatic heterocycles. The molecule has 1 heterocycles. The molecule has 5 heteroatoms. The van der Waals surface area contributed by atoms with E-state index < -0.39 is 29.1 Å². The van der Waals surface area contributed by atoms with Crippen LogP contribution in [0.5, 0.6) is 0 Å². The first kappa shape index (κ1) is 12.8. The SMILES string of the molecule is CC(C)(C)OC(=O)N1C[C@@H](C(=O)O)C1(C)C. The summed E-state index contributed by atoms with van der Waals surface area (Å²) in [7, 11) is 0. The van der Waals surface area contributed by atoms with Crippen LogP contribution in [0, 0.1) is 5.92 Å². The molecule has 1 amide bonds. The Bertz CT molecular complexity index is 316. The second-order valence-corrected chi connectivity index (χ2v) is 5.64. The fourth-order valence-corrected chi connectivity index (χ4v) is 1.72. The lowest BCUT2D eigenvalue weighted by Crippen LogP contribution is -2.68. The van der Waals surface area contributed by atoms with Crippen LogP contribution in [0.15, 0.2) is 0 Å². The highest BCUT2D eigenvalue weighted by molar-refractivity contribution is 5.79. The first-order valence-corrected chi connectivity index (χ1v) is 5.29. The van der Waals surface area contributed by atoms with Crippen molar-refractivity contribution in [2.45, 2.75) is 45.8 Å². The third kappa shape index (κ3) is 2.28. The second-order valence-electron chi connectivity index (χ2n) is 5.64. The smallest absolute Gasteiger partial charge is 0.410 e. The van der Waals surface area contributed by atoms with E-state index in [0.29, 0.717) is 0 Å². The summed E-state index contributed by atoms with van der Waals surface area (Å²) in [4.78, 5) is 24.1. The van der Waals surface area contributed by atoms with Gasteiger partial charge in [0.2, 0.25) is 0 Å². The fourth-order valence-electron chi connectivity index (χ4n) is 1.72. The fraction of sp³-hybridized carbons (Fsp3) is 0.818. The molecule has 0 spiro atoms. The van der Waals surface area contributed by atoms with E-state index >= 15 is 0 Å². The Labute approximate surface area is 95.4 Å². The van der Waals surface area contributed by atoms with Gasteiger partial charge in [-0.25, -0.2) is 4.79 Å². The summed E-state index contributed by atoms with van der Waals surface area (Å²) in [5.74, 6) is -1.38. The zero-order valence-corrected chi connectivity index (χ0v) is 10.4. The summed E-state index contributed by atoms with van der Waals surface area (Å²) in [5, 5.41) is 8.92. The topological polar surface area (TPSA) is 66.8 Å². The zero-order chi connectivity index (χ0) is 12.7. The number of aliphatic carboxylic acids is 1. The van der Waals surface area contributed by atoms with E-state index in [4.69, 9.17) is 9.84 Å². The third-order valence-electron chi connectivity index (χ3n) is 2.83. The van der Waals surface area contributed by atoms with Crippen LogP contribution in [0.3, 0.4) is 0 Å². The van der Waals surface area contributed by atoms with Crippen LogP contribution < -0.4 is 0 Å². The van der Waals surface area contributed by atoms with Gasteiger partial charge in [0.1, 0.15) is 5.60 Å². The van der Waals surface area contributed by atoms with E-state index in [0.717, 1.165) is 0 Å². The number of ether oxygens (including phenoxy) is 1. The van der Waals surface area contributed by atoms with Crippen LogP contribution >= 0.6 is 0 Å². The number of carbonyl (C=O) groups is 2. The Kier molecular flexibility index (Phi) is 2.92. The van der Waals surface area contributed by atoms with Gasteiger partial charge < -0.3 is 14.7 Å². The van der Waals surface area contributed by atoms with Crippen molar-refractivity contribution in [3.63, 3.8) is 0 Å². The van der Waals surface area contributed by atoms with Crippen molar-refractivity contribution in [2.75, 3.05) is 6.54 Å². The lowest BCUT2D eigenvalue weighted by molar-refractivity contribution is -0.158. The molecule has 16 heavy (non-hydrogen) atoms. The van der Waals surface area contributed by atoms with Gasteiger partial charge in [-0.1, -0.05) is 0 Å². The normalized spacial score (nSPS) is 23.6. The highest BCUT2D eigenvalue weighted by Crippen LogP contribution is 2.37. The van der Waals surface area contributed by atoms with Gasteiger partial charge in [0, 0.05) is 6.54 Å². The minimum Gasteiger partial charge on any atom is -0.481 e. The average Bonchev–Trinajstić information content (AvgIpc) is 1.97. The molecule has 0 bridgehead atoms. The molecule has 0 aromatic heterocycles. The zero-order valence-electron chi connectivity index (χ0n) is 10.4. The van der Waals surface area contributed by atoms with Crippen LogP contribution in [0.25, 0.3) is 0 Å². The molecule has 92 valence electrons. The van der Waals surface area contributed by atoms with Crippen LogP contribution in [-0.2, 0) is 9.53 Å². The number of likely N-dealkylation sites (tertiary alicyclic amines) is 1. The number of carbonyl (C=O) groups excluding carboxylic acids is 1. The Hall–Kier alpha value is -1.26. The largest absolute Gasteiger partial charge is 0.481 e. The first-order chi connectivity index (χ1) is 7.05. The highest BCUT2D eigenvalue weighted by Gasteiger charge is 2.53. The highest BCUT2D eigenvalue weighted by atomic mass is 16.6. The minimum atomic E-state index is -0.871. The number of rotatable bonds is 1. The third-order valence-corrected chi connectivity index (χ3v) is 2.83. The van der Waals surface area contributed by atoms with Crippen molar-refractivity contribution in [1.29, 1.82) is 0 Å². The standard InChI is InChI=1S/C11H19NO4/c1-10(2,3)16-9(15)12-6-7(8(13)14)11(12,4)5/h7H,6H2,1-5H3,(H,13,14)/t7-/m0/s1. The predicted octanol–water partition coefficient (Wildman–Crippen LogP) is 1.72. The van der Waals surface area contributed by atoms with Crippen molar-refractivity contribution in [2.24, 2.45) is 5.92 Å². The lowest BCUT2D eigenvalue weighted by Gasteiger charge is -2.52. The summed E-state index contributed by atoms with van der Waals surface area (Å²) < 4.78 is 5.20. The summed E-state index contributed by atoms with van der Waals surface area (Å²) in [5.41, 5.74) is -1.23. The van der Waals surface area contributed by atoms with E-state index in [1.165, 1.54) is 4.90 Å². The van der Waals surface area contributed by atoms with Gasteiger partial charge in [-0.2, -0.15) is 0 Å². The van der Waals surface area contributed by atoms with Gasteiger partial charge >= 0.3 is 12.1 Å². The molecule has 1 rings (SSSR count). The maximum atomic E-state index is 11.7. The van der Waals surface area contributed by atoms with Gasteiger partial charge in [0.15, 0.2) is 0 Å². The number of hydrogen-bond donors (Lipinski definition) is 1. The number of carboxylic acid groups (broad SMARTS) is 1. The summed E-state index contributed by atoms with van der Waals surface area (Å²) in [6.07, 6.45) is -0.449. The molecule has 0 radical (unpaired) electrons. The van der Waals surface area contributed by atoms with Crippen molar-refractivity contribution < 1.29 is 19.4 Å². The van der Waals surface area contributed by atoms with Gasteiger partial charge in [-0.15, -0.1) is 0 Å². The van der Waals surface area contributed by atoms with Crippen molar-refractivity contribution in [1.82, 2.24) is 4.90 Å². The van der Waals surface area contributed by atoms with E-state index in [2.05, 4.69) is 0 Å². The predicted molar refractivity (Wildman–Crippen MR) is 58.1 cm³/mol. The van der Waals surface area contributed by atoms with E-state index in [9.17, 15) is 9.59 Å². The number of hydrogen-bond acceptors (Lipinski definition) is 3. The van der Waals surface area contributed by atoms with Gasteiger partial charge in [-0.05, 0) is 34.6 Å². The van der Waals surface area contributed by atoms with Gasteiger partial charge in [-0.3, -0.25) is 4.79 Å². The molecule has 0 aliphatic carbocycles. The van der Waals surface area contributed by atoms with E-state index in [1.807, 2.05) is 0 Å². The van der Waals surface area contributed by atoms with Crippen molar-refractivity contribution in [3.05, 3.63) is 0 Å². The monoisotopic (exact) mass is 229 g/mol. The number of carboxylic acids is 1. The number of nitrogens with zero attached hydrogens (tertiary/aromatic N) is 1. The molecule has 1 N–H and O–H groups in total. The molecule has 1 atom stereocenters. The van der Waals surface area contributed by atoms with Gasteiger partial charge in [0.25, 0.3) is 0 Å². The van der Waals surface area contributed by atoms with Crippen LogP contribution in [0.4, 0.5) is 4.79 Å². The van der Waals surface area contributed by atoms with Crippen LogP contribution in [0.2, 0.25) is 0 Å². The molecule has 1 fully saturated rings. The van der Waals surface area contributed by atoms with Crippen molar-refractivity contribution in [3.8, 4) is 0 Å². The quantitative estimate of drug-likeness (QED) is 0.743. The molecule has 0 unspecified atom stereocenters. The molecule has 0 aromatic carbocycles. The summed E-state index contributed by atoms with van der Waals surface area (Å²) in [6, 6.07) is 0. The van der Waals surface area contributed by atoms with Crippen LogP contribution in [-0.4, -0.2) is 39.8 Å². The summed E-state index contributed by atoms with van der Waals surface area (Å²) in [6.45, 7) is 9.04. The minimum absolute atomic E-state index is 0.219. The van der Waals surface area contributed by atoms with E-state index in [-0.39, 0.29) is 6.54 Å². The van der Waals surface area contributed by atoms with E-state index in [1.54, 1.807) is 34.6 Å². The molecular weight excluding hydrogens is 210 g/mol. The van der Waals surface area contributed by atoms with Crippen molar-refractivity contribution >= 4 is 12.1 Å². The lowest BCUT2D eigenvalue weighted by atomic mass is 9.77. The maximum Gasteiger partial charge on any atom is 0.410 e. The molecule has 5 nitrogen and oxygen atoms in total. The average molecular weight is 229 g/mol.